The van der Waals surface area contributed by atoms with E-state index < -0.39 is 24.3 Å². The maximum Gasteiger partial charge on any atom is 0.343 e. The van der Waals surface area contributed by atoms with Gasteiger partial charge in [-0.25, -0.2) is 9.59 Å². The number of halogens is 2. The van der Waals surface area contributed by atoms with E-state index >= 15 is 0 Å². The highest BCUT2D eigenvalue weighted by atomic mass is 79.9. The lowest BCUT2D eigenvalue weighted by molar-refractivity contribution is -0.123. The molecule has 1 heterocycles. The van der Waals surface area contributed by atoms with Crippen LogP contribution in [0.4, 0.5) is 5.69 Å². The van der Waals surface area contributed by atoms with Crippen LogP contribution in [0.25, 0.3) is 0 Å². The van der Waals surface area contributed by atoms with Crippen molar-refractivity contribution in [3.63, 3.8) is 0 Å². The quantitative estimate of drug-likeness (QED) is 0.105. The van der Waals surface area contributed by atoms with Gasteiger partial charge in [-0.05, 0) is 79.8 Å². The number of anilines is 1. The number of carbonyl (C=O) groups is 5. The molecule has 0 N–H and O–H groups in total. The Morgan fingerprint density at radius 2 is 1.38 bits per heavy atom. The van der Waals surface area contributed by atoms with Gasteiger partial charge in [0, 0.05) is 15.2 Å². The first-order valence-electron chi connectivity index (χ1n) is 13.5. The Labute approximate surface area is 258 Å². The van der Waals surface area contributed by atoms with Crippen molar-refractivity contribution in [2.45, 2.75) is 23.0 Å². The second-order valence-electron chi connectivity index (χ2n) is 10.8. The Bertz CT molecular complexity index is 1570. The van der Waals surface area contributed by atoms with Gasteiger partial charge in [-0.15, -0.1) is 0 Å². The molecular formula is C32H25Br2NO7. The van der Waals surface area contributed by atoms with E-state index in [0.29, 0.717) is 11.3 Å². The highest BCUT2D eigenvalue weighted by molar-refractivity contribution is 9.12. The van der Waals surface area contributed by atoms with Crippen molar-refractivity contribution in [2.75, 3.05) is 11.5 Å². The van der Waals surface area contributed by atoms with Gasteiger partial charge in [0.15, 0.2) is 12.4 Å². The molecule has 3 fully saturated rings. The van der Waals surface area contributed by atoms with Crippen molar-refractivity contribution in [1.82, 2.24) is 0 Å². The van der Waals surface area contributed by atoms with Crippen LogP contribution in [0.15, 0.2) is 72.8 Å². The Morgan fingerprint density at radius 1 is 0.786 bits per heavy atom. The molecule has 2 bridgehead atoms. The molecule has 0 radical (unpaired) electrons. The highest BCUT2D eigenvalue weighted by Gasteiger charge is 2.66. The van der Waals surface area contributed by atoms with E-state index in [1.54, 1.807) is 24.3 Å². The van der Waals surface area contributed by atoms with Crippen molar-refractivity contribution in [1.29, 1.82) is 0 Å². The van der Waals surface area contributed by atoms with Crippen LogP contribution >= 0.6 is 31.9 Å². The van der Waals surface area contributed by atoms with Crippen molar-refractivity contribution < 1.29 is 33.4 Å². The second kappa shape index (κ2) is 11.2. The lowest BCUT2D eigenvalue weighted by Crippen LogP contribution is -2.37. The molecule has 2 saturated carbocycles. The maximum atomic E-state index is 13.3. The molecule has 1 saturated heterocycles. The SMILES string of the molecule is Cc1ccc(C(=O)Oc2ccc(C(=O)COC(=O)c3cccc(N4C(=O)C5C6CC(C(Br)C6Br)C5C4=O)c3)cc2)cc1. The van der Waals surface area contributed by atoms with Crippen LogP contribution in [0.3, 0.4) is 0 Å². The van der Waals surface area contributed by atoms with Gasteiger partial charge in [0.1, 0.15) is 5.75 Å². The Kier molecular flexibility index (Phi) is 7.61. The number of fused-ring (bicyclic) bond motifs is 5. The molecule has 10 heteroatoms. The van der Waals surface area contributed by atoms with Crippen molar-refractivity contribution >= 4 is 67.1 Å². The lowest BCUT2D eigenvalue weighted by Gasteiger charge is -2.28. The topological polar surface area (TPSA) is 107 Å². The minimum Gasteiger partial charge on any atom is -0.454 e. The van der Waals surface area contributed by atoms with E-state index in [-0.39, 0.29) is 62.0 Å². The monoisotopic (exact) mass is 693 g/mol. The van der Waals surface area contributed by atoms with Crippen LogP contribution in [-0.2, 0) is 14.3 Å². The average molecular weight is 695 g/mol. The van der Waals surface area contributed by atoms with E-state index in [4.69, 9.17) is 9.47 Å². The maximum absolute atomic E-state index is 13.3. The van der Waals surface area contributed by atoms with E-state index in [9.17, 15) is 24.0 Å². The van der Waals surface area contributed by atoms with Gasteiger partial charge >= 0.3 is 11.9 Å². The fourth-order valence-electron chi connectivity index (χ4n) is 6.24. The first-order valence-corrected chi connectivity index (χ1v) is 15.3. The molecule has 6 atom stereocenters. The number of hydrogen-bond acceptors (Lipinski definition) is 7. The summed E-state index contributed by atoms with van der Waals surface area (Å²) in [5, 5.41) is 0. The lowest BCUT2D eigenvalue weighted by atomic mass is 9.81. The smallest absolute Gasteiger partial charge is 0.343 e. The summed E-state index contributed by atoms with van der Waals surface area (Å²) in [4.78, 5) is 65.9. The molecule has 42 heavy (non-hydrogen) atoms. The van der Waals surface area contributed by atoms with Gasteiger partial charge in [-0.2, -0.15) is 0 Å². The van der Waals surface area contributed by atoms with E-state index in [2.05, 4.69) is 31.9 Å². The molecule has 3 aromatic carbocycles. The number of carbonyl (C=O) groups excluding carboxylic acids is 5. The molecule has 2 amide bonds. The predicted molar refractivity (Wildman–Crippen MR) is 160 cm³/mol. The van der Waals surface area contributed by atoms with Crippen molar-refractivity contribution in [3.8, 4) is 5.75 Å². The summed E-state index contributed by atoms with van der Waals surface area (Å²) in [5.41, 5.74) is 2.14. The van der Waals surface area contributed by atoms with Gasteiger partial charge in [0.2, 0.25) is 11.8 Å². The van der Waals surface area contributed by atoms with Gasteiger partial charge in [0.25, 0.3) is 0 Å². The number of amides is 2. The van der Waals surface area contributed by atoms with E-state index in [0.717, 1.165) is 12.0 Å². The van der Waals surface area contributed by atoms with Gasteiger partial charge in [-0.1, -0.05) is 55.6 Å². The van der Waals surface area contributed by atoms with Gasteiger partial charge < -0.3 is 9.47 Å². The number of rotatable bonds is 7. The van der Waals surface area contributed by atoms with E-state index in [1.165, 1.54) is 41.3 Å². The zero-order valence-corrected chi connectivity index (χ0v) is 25.5. The number of imide groups is 1. The summed E-state index contributed by atoms with van der Waals surface area (Å²) in [6.07, 6.45) is 0.828. The normalized spacial score (nSPS) is 25.8. The number of hydrogen-bond donors (Lipinski definition) is 0. The molecule has 0 aromatic heterocycles. The molecule has 214 valence electrons. The number of Topliss-reactive ketones (excluding diaryl/α,β-unsaturated/α-hetero) is 1. The van der Waals surface area contributed by atoms with Gasteiger partial charge in [-0.3, -0.25) is 19.3 Å². The molecule has 0 spiro atoms. The van der Waals surface area contributed by atoms with Crippen LogP contribution in [0.2, 0.25) is 0 Å². The summed E-state index contributed by atoms with van der Waals surface area (Å²) >= 11 is 7.37. The number of alkyl halides is 2. The molecule has 3 aliphatic rings. The molecule has 6 rings (SSSR count). The number of nitrogens with zero attached hydrogens (tertiary/aromatic N) is 1. The molecule has 6 unspecified atom stereocenters. The van der Waals surface area contributed by atoms with Crippen molar-refractivity contribution in [2.24, 2.45) is 23.7 Å². The standard InChI is InChI=1S/C32H25Br2NO7/c1-16-5-7-18(8-6-16)32(40)42-21-11-9-17(10-12-21)24(36)15-41-31(39)19-3-2-4-20(13-19)35-29(37)25-22-14-23(26(25)30(35)38)28(34)27(22)33/h2-13,22-23,25-28H,14-15H2,1H3. The summed E-state index contributed by atoms with van der Waals surface area (Å²) < 4.78 is 10.6. The third-order valence-electron chi connectivity index (χ3n) is 8.34. The second-order valence-corrected chi connectivity index (χ2v) is 13.0. The Morgan fingerprint density at radius 3 is 2.00 bits per heavy atom. The van der Waals surface area contributed by atoms with Crippen LogP contribution in [0.5, 0.6) is 5.75 Å². The first-order chi connectivity index (χ1) is 20.1. The number of ether oxygens (including phenoxy) is 2. The third kappa shape index (κ3) is 5.00. The minimum atomic E-state index is -0.755. The van der Waals surface area contributed by atoms with Crippen LogP contribution in [-0.4, -0.2) is 45.8 Å². The average Bonchev–Trinajstić information content (AvgIpc) is 3.61. The van der Waals surface area contributed by atoms with Crippen molar-refractivity contribution in [3.05, 3.63) is 95.1 Å². The number of aryl methyl sites for hydroxylation is 1. The Hall–Kier alpha value is -3.63. The summed E-state index contributed by atoms with van der Waals surface area (Å²) in [5.74, 6) is -2.50. The number of ketones is 1. The number of esters is 2. The van der Waals surface area contributed by atoms with Crippen LogP contribution < -0.4 is 9.64 Å². The first kappa shape index (κ1) is 28.5. The third-order valence-corrected chi connectivity index (χ3v) is 11.5. The zero-order chi connectivity index (χ0) is 29.7. The molecular weight excluding hydrogens is 670 g/mol. The molecule has 1 aliphatic heterocycles. The summed E-state index contributed by atoms with van der Waals surface area (Å²) in [7, 11) is 0. The predicted octanol–water partition coefficient (Wildman–Crippen LogP) is 5.54. The van der Waals surface area contributed by atoms with Crippen LogP contribution in [0, 0.1) is 30.6 Å². The van der Waals surface area contributed by atoms with Crippen LogP contribution in [0.1, 0.15) is 43.1 Å². The highest BCUT2D eigenvalue weighted by Crippen LogP contribution is 2.60. The molecule has 2 aliphatic carbocycles. The Balaban J connectivity index is 1.07. The zero-order valence-electron chi connectivity index (χ0n) is 22.4. The van der Waals surface area contributed by atoms with E-state index in [1.807, 2.05) is 19.1 Å². The largest absolute Gasteiger partial charge is 0.454 e. The fraction of sp³-hybridized carbons (Fsp3) is 0.281. The van der Waals surface area contributed by atoms with Gasteiger partial charge in [0.05, 0.1) is 28.7 Å². The molecule has 8 nitrogen and oxygen atoms in total. The summed E-state index contributed by atoms with van der Waals surface area (Å²) in [6.45, 7) is 1.41. The summed E-state index contributed by atoms with van der Waals surface area (Å²) in [6, 6.07) is 19.1. The number of benzene rings is 3. The fourth-order valence-corrected chi connectivity index (χ4v) is 8.11. The minimum absolute atomic E-state index is 0.0827. The molecule has 3 aromatic rings.